The Morgan fingerprint density at radius 1 is 0.939 bits per heavy atom. The van der Waals surface area contributed by atoms with Gasteiger partial charge in [0, 0.05) is 29.6 Å². The second-order valence-corrected chi connectivity index (χ2v) is 17.9. The van der Waals surface area contributed by atoms with Gasteiger partial charge in [-0.1, -0.05) is 31.0 Å². The van der Waals surface area contributed by atoms with Gasteiger partial charge in [-0.2, -0.15) is 0 Å². The number of hydrogen-bond donors (Lipinski definition) is 1. The summed E-state index contributed by atoms with van der Waals surface area (Å²) in [5, 5.41) is -0.00670. The van der Waals surface area contributed by atoms with Crippen molar-refractivity contribution in [2.45, 2.75) is 95.8 Å². The molecule has 1 saturated heterocycles. The molecule has 5 atom stereocenters. The van der Waals surface area contributed by atoms with Gasteiger partial charge in [0.25, 0.3) is 5.91 Å². The molecule has 3 aliphatic heterocycles. The Labute approximate surface area is 298 Å². The third kappa shape index (κ3) is 8.09. The molecule has 3 heterocycles. The Morgan fingerprint density at radius 3 is 2.43 bits per heavy atom. The van der Waals surface area contributed by atoms with E-state index in [1.807, 2.05) is 37.3 Å². The number of carbonyl (C=O) groups excluding carboxylic acids is 1. The topological polar surface area (TPSA) is 97.4 Å². The monoisotopic (exact) mass is 715 g/mol. The molecular formula is C38H54ClN3O6S. The largest absolute Gasteiger partial charge is 0.487 e. The Hall–Kier alpha value is -2.37. The second kappa shape index (κ2) is 15.1. The van der Waals surface area contributed by atoms with Crippen LogP contribution in [-0.4, -0.2) is 76.7 Å². The number of sulfonamides is 1. The molecule has 1 saturated carbocycles. The van der Waals surface area contributed by atoms with Crippen molar-refractivity contribution >= 4 is 33.2 Å². The van der Waals surface area contributed by atoms with Gasteiger partial charge in [-0.15, -0.1) is 0 Å². The van der Waals surface area contributed by atoms with Gasteiger partial charge in [0.2, 0.25) is 10.0 Å². The van der Waals surface area contributed by atoms with Crippen LogP contribution < -0.4 is 14.4 Å². The summed E-state index contributed by atoms with van der Waals surface area (Å²) >= 11 is 6.38. The van der Waals surface area contributed by atoms with E-state index in [9.17, 15) is 13.2 Å². The Kier molecular flexibility index (Phi) is 11.2. The predicted octanol–water partition coefficient (Wildman–Crippen LogP) is 6.67. The van der Waals surface area contributed by atoms with Gasteiger partial charge in [-0.05, 0) is 132 Å². The number of rotatable bonds is 2. The number of likely N-dealkylation sites (N-methyl/N-ethyl adjacent to an activating group) is 1. The van der Waals surface area contributed by atoms with Crippen LogP contribution in [0.3, 0.4) is 0 Å². The first kappa shape index (κ1) is 36.4. The molecule has 9 nitrogen and oxygen atoms in total. The van der Waals surface area contributed by atoms with Crippen LogP contribution >= 0.6 is 11.6 Å². The molecule has 6 rings (SSSR count). The first-order valence-electron chi connectivity index (χ1n) is 18.1. The standard InChI is InChI=1S/C38H54ClN3O6S/c1-25-9-8-11-33(37-47-23-38(3,24-48-37)41(4)5)32-16-13-29(32)21-42-18-7-6-10-27-19-31(39)15-12-30(27)22-46-35-17-14-28(20-34(35)42)36(43)40-49(44,45)26(25)2/h12,14-15,17,19-20,25-26,29,32-33,37H,6-11,13,16,18,21-24H2,1-5H3,(H,40,43)/t25-,26+,29-,32+,33+,37-,38-/m0/s1. The van der Waals surface area contributed by atoms with Crippen molar-refractivity contribution in [1.29, 1.82) is 0 Å². The number of amides is 1. The molecule has 0 radical (unpaired) electrons. The highest BCUT2D eigenvalue weighted by molar-refractivity contribution is 7.90. The summed E-state index contributed by atoms with van der Waals surface area (Å²) in [4.78, 5) is 18.1. The quantitative estimate of drug-likeness (QED) is 0.369. The Morgan fingerprint density at radius 2 is 1.71 bits per heavy atom. The maximum Gasteiger partial charge on any atom is 0.264 e. The van der Waals surface area contributed by atoms with Crippen molar-refractivity contribution in [2.24, 2.45) is 23.7 Å². The number of nitrogens with one attached hydrogen (secondary N) is 1. The summed E-state index contributed by atoms with van der Waals surface area (Å²) in [7, 11) is 0.224. The summed E-state index contributed by atoms with van der Waals surface area (Å²) in [6.45, 7) is 9.04. The Bertz CT molecular complexity index is 1590. The number of fused-ring (bicyclic) bond motifs is 3. The number of anilines is 1. The fourth-order valence-corrected chi connectivity index (χ4v) is 9.42. The van der Waals surface area contributed by atoms with Crippen molar-refractivity contribution < 1.29 is 27.4 Å². The van der Waals surface area contributed by atoms with Crippen molar-refractivity contribution in [2.75, 3.05) is 45.3 Å². The van der Waals surface area contributed by atoms with Crippen molar-refractivity contribution in [3.63, 3.8) is 0 Å². The van der Waals surface area contributed by atoms with Crippen molar-refractivity contribution in [3.8, 4) is 5.75 Å². The summed E-state index contributed by atoms with van der Waals surface area (Å²) in [6, 6.07) is 11.3. The highest BCUT2D eigenvalue weighted by Gasteiger charge is 2.45. The predicted molar refractivity (Wildman–Crippen MR) is 194 cm³/mol. The molecule has 2 aromatic carbocycles. The van der Waals surface area contributed by atoms with Crippen LogP contribution in [0.25, 0.3) is 0 Å². The molecule has 2 aromatic rings. The summed E-state index contributed by atoms with van der Waals surface area (Å²) in [5.41, 5.74) is 3.24. The van der Waals surface area contributed by atoms with Crippen LogP contribution in [0.2, 0.25) is 5.02 Å². The number of carbonyl (C=O) groups is 1. The fraction of sp³-hybridized carbons (Fsp3) is 0.658. The molecule has 270 valence electrons. The van der Waals surface area contributed by atoms with Gasteiger partial charge in [0.1, 0.15) is 12.4 Å². The molecule has 2 bridgehead atoms. The van der Waals surface area contributed by atoms with Gasteiger partial charge < -0.3 is 19.1 Å². The van der Waals surface area contributed by atoms with E-state index in [0.29, 0.717) is 43.0 Å². The fourth-order valence-electron chi connectivity index (χ4n) is 7.92. The lowest BCUT2D eigenvalue weighted by molar-refractivity contribution is -0.260. The maximum atomic E-state index is 13.5. The maximum absolute atomic E-state index is 13.5. The first-order valence-corrected chi connectivity index (χ1v) is 20.0. The molecule has 2 fully saturated rings. The number of ether oxygens (including phenoxy) is 3. The van der Waals surface area contributed by atoms with Crippen molar-refractivity contribution in [3.05, 3.63) is 58.1 Å². The van der Waals surface area contributed by atoms with E-state index >= 15 is 0 Å². The Balaban J connectivity index is 1.35. The van der Waals surface area contributed by atoms with E-state index < -0.39 is 21.2 Å². The lowest BCUT2D eigenvalue weighted by atomic mass is 9.65. The molecular weight excluding hydrogens is 662 g/mol. The molecule has 11 heteroatoms. The van der Waals surface area contributed by atoms with Gasteiger partial charge in [0.15, 0.2) is 6.29 Å². The smallest absolute Gasteiger partial charge is 0.264 e. The van der Waals surface area contributed by atoms with Crippen molar-refractivity contribution in [1.82, 2.24) is 9.62 Å². The lowest BCUT2D eigenvalue weighted by Gasteiger charge is -2.50. The highest BCUT2D eigenvalue weighted by Crippen LogP contribution is 2.47. The first-order chi connectivity index (χ1) is 23.3. The second-order valence-electron chi connectivity index (χ2n) is 15.4. The minimum atomic E-state index is -3.91. The van der Waals surface area contributed by atoms with Gasteiger partial charge in [-0.3, -0.25) is 9.69 Å². The van der Waals surface area contributed by atoms with Crippen LogP contribution in [0.5, 0.6) is 5.75 Å². The van der Waals surface area contributed by atoms with E-state index in [2.05, 4.69) is 35.5 Å². The third-order valence-electron chi connectivity index (χ3n) is 12.0. The molecule has 49 heavy (non-hydrogen) atoms. The SMILES string of the molecule is C[C@@H]1[C@@H](C)CCC[C@@H]([C@H]2OC[C@](C)(N(C)C)CO2)[C@@H]2CC[C@H]2CN2CCCCc3cc(Cl)ccc3COc3ccc(cc32)C(=O)NS1(=O)=O. The number of benzene rings is 2. The molecule has 4 aliphatic rings. The zero-order valence-corrected chi connectivity index (χ0v) is 31.3. The number of hydrogen-bond acceptors (Lipinski definition) is 8. The molecule has 1 aliphatic carbocycles. The van der Waals surface area contributed by atoms with E-state index in [4.69, 9.17) is 25.8 Å². The van der Waals surface area contributed by atoms with Gasteiger partial charge >= 0.3 is 0 Å². The van der Waals surface area contributed by atoms with Crippen LogP contribution in [-0.2, 0) is 32.5 Å². The van der Waals surface area contributed by atoms with Gasteiger partial charge in [0.05, 0.1) is 29.7 Å². The summed E-state index contributed by atoms with van der Waals surface area (Å²) < 4.78 is 48.9. The zero-order chi connectivity index (χ0) is 34.9. The van der Waals surface area contributed by atoms with E-state index in [0.717, 1.165) is 80.7 Å². The average molecular weight is 716 g/mol. The van der Waals surface area contributed by atoms with E-state index in [1.165, 1.54) is 5.56 Å². The molecule has 0 aromatic heterocycles. The van der Waals surface area contributed by atoms with Crippen LogP contribution in [0.1, 0.15) is 87.2 Å². The number of nitrogens with zero attached hydrogens (tertiary/aromatic N) is 2. The summed E-state index contributed by atoms with van der Waals surface area (Å²) in [5.74, 6) is 0.993. The lowest BCUT2D eigenvalue weighted by Crippen LogP contribution is -2.57. The zero-order valence-electron chi connectivity index (χ0n) is 29.8. The van der Waals surface area contributed by atoms with E-state index in [1.54, 1.807) is 13.0 Å². The minimum absolute atomic E-state index is 0.129. The molecule has 0 spiro atoms. The molecule has 0 unspecified atom stereocenters. The van der Waals surface area contributed by atoms with Crippen LogP contribution in [0.15, 0.2) is 36.4 Å². The minimum Gasteiger partial charge on any atom is -0.487 e. The van der Waals surface area contributed by atoms with Crippen LogP contribution in [0, 0.1) is 23.7 Å². The number of aryl methyl sites for hydroxylation is 1. The molecule has 1 amide bonds. The number of halogens is 1. The normalized spacial score (nSPS) is 32.8. The average Bonchev–Trinajstić information content (AvgIpc) is 3.08. The third-order valence-corrected chi connectivity index (χ3v) is 14.1. The highest BCUT2D eigenvalue weighted by atomic mass is 35.5. The van der Waals surface area contributed by atoms with E-state index in [-0.39, 0.29) is 23.7 Å². The molecule has 1 N–H and O–H groups in total. The van der Waals surface area contributed by atoms with Crippen LogP contribution in [0.4, 0.5) is 5.69 Å². The van der Waals surface area contributed by atoms with Gasteiger partial charge in [-0.25, -0.2) is 13.1 Å². The summed E-state index contributed by atoms with van der Waals surface area (Å²) in [6.07, 6.45) is 7.28.